The van der Waals surface area contributed by atoms with Crippen molar-refractivity contribution in [2.24, 2.45) is 0 Å². The fourth-order valence-electron chi connectivity index (χ4n) is 2.91. The highest BCUT2D eigenvalue weighted by Crippen LogP contribution is 2.22. The van der Waals surface area contributed by atoms with E-state index in [9.17, 15) is 21.2 Å². The number of sulfonamides is 2. The number of hydrogen-bond acceptors (Lipinski definition) is 4. The minimum atomic E-state index is -3.81. The van der Waals surface area contributed by atoms with Gasteiger partial charge in [-0.15, -0.1) is 0 Å². The number of halogens is 1. The molecule has 0 aromatic heterocycles. The summed E-state index contributed by atoms with van der Waals surface area (Å²) >= 11 is 0. The molecule has 0 amide bonds. The second-order valence-electron chi connectivity index (χ2n) is 6.39. The maximum atomic E-state index is 12.9. The molecule has 0 aliphatic carbocycles. The lowest BCUT2D eigenvalue weighted by atomic mass is 10.2. The predicted molar refractivity (Wildman–Crippen MR) is 99.5 cm³/mol. The van der Waals surface area contributed by atoms with Crippen molar-refractivity contribution in [2.45, 2.75) is 35.6 Å². The maximum absolute atomic E-state index is 12.9. The Bertz CT molecular complexity index is 983. The van der Waals surface area contributed by atoms with Crippen LogP contribution in [0.15, 0.2) is 58.3 Å². The molecule has 6 nitrogen and oxygen atoms in total. The zero-order chi connectivity index (χ0) is 19.5. The molecule has 1 aliphatic rings. The number of nitrogens with one attached hydrogen (secondary N) is 1. The highest BCUT2D eigenvalue weighted by molar-refractivity contribution is 7.89. The maximum Gasteiger partial charge on any atom is 0.243 e. The van der Waals surface area contributed by atoms with Gasteiger partial charge in [-0.3, -0.25) is 0 Å². The first-order chi connectivity index (χ1) is 12.8. The standard InChI is InChI=1S/C18H21FN2O4S2/c19-16-6-4-15(5-7-16)14-20-26(22,23)17-8-10-18(11-9-17)27(24,25)21-12-2-1-3-13-21/h4-11,20H,1-3,12-14H2. The van der Waals surface area contributed by atoms with Gasteiger partial charge < -0.3 is 0 Å². The number of hydrogen-bond donors (Lipinski definition) is 1. The molecule has 3 rings (SSSR count). The van der Waals surface area contributed by atoms with Crippen molar-refractivity contribution in [3.8, 4) is 0 Å². The largest absolute Gasteiger partial charge is 0.243 e. The Morgan fingerprint density at radius 3 is 1.96 bits per heavy atom. The van der Waals surface area contributed by atoms with Crippen LogP contribution < -0.4 is 4.72 Å². The lowest BCUT2D eigenvalue weighted by Gasteiger charge is -2.25. The van der Waals surface area contributed by atoms with E-state index in [4.69, 9.17) is 0 Å². The molecule has 2 aromatic rings. The molecule has 1 heterocycles. The van der Waals surface area contributed by atoms with Crippen LogP contribution in [0.3, 0.4) is 0 Å². The van der Waals surface area contributed by atoms with Crippen LogP contribution in [0.1, 0.15) is 24.8 Å². The van der Waals surface area contributed by atoms with Gasteiger partial charge in [0.1, 0.15) is 5.82 Å². The summed E-state index contributed by atoms with van der Waals surface area (Å²) in [5, 5.41) is 0. The van der Waals surface area contributed by atoms with Crippen LogP contribution in [0, 0.1) is 5.82 Å². The smallest absolute Gasteiger partial charge is 0.207 e. The number of piperidine rings is 1. The molecule has 0 spiro atoms. The zero-order valence-electron chi connectivity index (χ0n) is 14.6. The van der Waals surface area contributed by atoms with E-state index in [1.54, 1.807) is 0 Å². The Morgan fingerprint density at radius 1 is 0.815 bits per heavy atom. The van der Waals surface area contributed by atoms with Crippen LogP contribution in [0.2, 0.25) is 0 Å². The summed E-state index contributed by atoms with van der Waals surface area (Å²) in [6.07, 6.45) is 2.68. The highest BCUT2D eigenvalue weighted by atomic mass is 32.2. The number of rotatable bonds is 6. The van der Waals surface area contributed by atoms with Crippen LogP contribution in [0.4, 0.5) is 4.39 Å². The van der Waals surface area contributed by atoms with Gasteiger partial charge in [-0.1, -0.05) is 18.6 Å². The Labute approximate surface area is 159 Å². The fourth-order valence-corrected chi connectivity index (χ4v) is 5.44. The average molecular weight is 413 g/mol. The van der Waals surface area contributed by atoms with E-state index in [0.717, 1.165) is 19.3 Å². The molecule has 2 aromatic carbocycles. The molecular formula is C18H21FN2O4S2. The average Bonchev–Trinajstić information content (AvgIpc) is 2.68. The third-order valence-corrected chi connectivity index (χ3v) is 7.80. The van der Waals surface area contributed by atoms with Gasteiger partial charge in [0.2, 0.25) is 20.0 Å². The number of nitrogens with zero attached hydrogens (tertiary/aromatic N) is 1. The molecule has 1 fully saturated rings. The van der Waals surface area contributed by atoms with Gasteiger partial charge in [0, 0.05) is 19.6 Å². The Hall–Kier alpha value is -1.81. The lowest BCUT2D eigenvalue weighted by Crippen LogP contribution is -2.35. The van der Waals surface area contributed by atoms with Gasteiger partial charge in [-0.25, -0.2) is 25.9 Å². The SMILES string of the molecule is O=S(=O)(NCc1ccc(F)cc1)c1ccc(S(=O)(=O)N2CCCCC2)cc1. The minimum absolute atomic E-state index is 0.0104. The topological polar surface area (TPSA) is 83.5 Å². The van der Waals surface area contributed by atoms with Crippen molar-refractivity contribution in [1.29, 1.82) is 0 Å². The second kappa shape index (κ2) is 8.05. The van der Waals surface area contributed by atoms with Gasteiger partial charge in [0.15, 0.2) is 0 Å². The van der Waals surface area contributed by atoms with Crippen molar-refractivity contribution in [2.75, 3.05) is 13.1 Å². The molecule has 1 aliphatic heterocycles. The predicted octanol–water partition coefficient (Wildman–Crippen LogP) is 2.48. The molecule has 0 atom stereocenters. The quantitative estimate of drug-likeness (QED) is 0.790. The Kier molecular flexibility index (Phi) is 5.95. The van der Waals surface area contributed by atoms with Gasteiger partial charge in [-0.05, 0) is 54.8 Å². The molecule has 0 radical (unpaired) electrons. The second-order valence-corrected chi connectivity index (χ2v) is 10.1. The molecule has 0 unspecified atom stereocenters. The Balaban J connectivity index is 1.72. The van der Waals surface area contributed by atoms with Crippen molar-refractivity contribution in [1.82, 2.24) is 9.03 Å². The first-order valence-electron chi connectivity index (χ1n) is 8.63. The van der Waals surface area contributed by atoms with Crippen LogP contribution in [0.25, 0.3) is 0 Å². The lowest BCUT2D eigenvalue weighted by molar-refractivity contribution is 0.346. The van der Waals surface area contributed by atoms with Gasteiger partial charge in [0.05, 0.1) is 9.79 Å². The summed E-state index contributed by atoms with van der Waals surface area (Å²) < 4.78 is 66.8. The highest BCUT2D eigenvalue weighted by Gasteiger charge is 2.26. The van der Waals surface area contributed by atoms with E-state index in [-0.39, 0.29) is 16.3 Å². The van der Waals surface area contributed by atoms with Crippen LogP contribution >= 0.6 is 0 Å². The summed E-state index contributed by atoms with van der Waals surface area (Å²) in [7, 11) is -7.41. The van der Waals surface area contributed by atoms with Crippen molar-refractivity contribution < 1.29 is 21.2 Å². The first kappa shape index (κ1) is 19.9. The minimum Gasteiger partial charge on any atom is -0.207 e. The van der Waals surface area contributed by atoms with Gasteiger partial charge in [-0.2, -0.15) is 4.31 Å². The third kappa shape index (κ3) is 4.73. The van der Waals surface area contributed by atoms with E-state index in [1.165, 1.54) is 52.8 Å². The van der Waals surface area contributed by atoms with Crippen molar-refractivity contribution >= 4 is 20.0 Å². The molecule has 1 saturated heterocycles. The normalized spacial score (nSPS) is 16.3. The summed E-state index contributed by atoms with van der Waals surface area (Å²) in [5.74, 6) is -0.396. The number of benzene rings is 2. The fraction of sp³-hybridized carbons (Fsp3) is 0.333. The van der Waals surface area contributed by atoms with Crippen molar-refractivity contribution in [3.05, 3.63) is 59.9 Å². The monoisotopic (exact) mass is 412 g/mol. The van der Waals surface area contributed by atoms with E-state index < -0.39 is 25.9 Å². The molecule has 9 heteroatoms. The van der Waals surface area contributed by atoms with Crippen LogP contribution in [-0.2, 0) is 26.6 Å². The van der Waals surface area contributed by atoms with Crippen molar-refractivity contribution in [3.63, 3.8) is 0 Å². The van der Waals surface area contributed by atoms with E-state index >= 15 is 0 Å². The molecule has 27 heavy (non-hydrogen) atoms. The first-order valence-corrected chi connectivity index (χ1v) is 11.6. The third-order valence-electron chi connectivity index (χ3n) is 4.47. The van der Waals surface area contributed by atoms with Crippen LogP contribution in [-0.4, -0.2) is 34.2 Å². The van der Waals surface area contributed by atoms with E-state index in [2.05, 4.69) is 4.72 Å². The summed E-state index contributed by atoms with van der Waals surface area (Å²) in [6, 6.07) is 10.7. The van der Waals surface area contributed by atoms with Crippen LogP contribution in [0.5, 0.6) is 0 Å². The molecule has 0 bridgehead atoms. The Morgan fingerprint density at radius 2 is 1.37 bits per heavy atom. The summed E-state index contributed by atoms with van der Waals surface area (Å²) in [6.45, 7) is 0.986. The van der Waals surface area contributed by atoms with E-state index in [1.807, 2.05) is 0 Å². The molecular weight excluding hydrogens is 391 g/mol. The molecule has 146 valence electrons. The van der Waals surface area contributed by atoms with E-state index in [0.29, 0.717) is 18.7 Å². The molecule has 1 N–H and O–H groups in total. The summed E-state index contributed by atoms with van der Waals surface area (Å²) in [5.41, 5.74) is 0.615. The van der Waals surface area contributed by atoms with Gasteiger partial charge >= 0.3 is 0 Å². The zero-order valence-corrected chi connectivity index (χ0v) is 16.3. The summed E-state index contributed by atoms with van der Waals surface area (Å²) in [4.78, 5) is 0.0593. The van der Waals surface area contributed by atoms with Gasteiger partial charge in [0.25, 0.3) is 0 Å². The molecule has 0 saturated carbocycles.